The van der Waals surface area contributed by atoms with Crippen LogP contribution in [-0.4, -0.2) is 22.9 Å². The Balaban J connectivity index is 2.17. The topological polar surface area (TPSA) is 97.2 Å². The van der Waals surface area contributed by atoms with Gasteiger partial charge in [-0.3, -0.25) is 14.9 Å². The van der Waals surface area contributed by atoms with Gasteiger partial charge >= 0.3 is 0 Å². The highest BCUT2D eigenvalue weighted by Crippen LogP contribution is 2.27. The highest BCUT2D eigenvalue weighted by atomic mass is 79.9. The van der Waals surface area contributed by atoms with Crippen LogP contribution in [0.15, 0.2) is 41.0 Å². The first-order valence-electron chi connectivity index (χ1n) is 5.90. The monoisotopic (exact) mass is 350 g/mol. The zero-order valence-corrected chi connectivity index (χ0v) is 12.5. The van der Waals surface area contributed by atoms with Crippen molar-refractivity contribution in [2.75, 3.05) is 17.7 Å². The van der Waals surface area contributed by atoms with E-state index in [0.29, 0.717) is 21.5 Å². The van der Waals surface area contributed by atoms with E-state index in [1.54, 1.807) is 19.2 Å². The van der Waals surface area contributed by atoms with Crippen molar-refractivity contribution >= 4 is 39.0 Å². The highest BCUT2D eigenvalue weighted by molar-refractivity contribution is 9.10. The molecule has 108 valence electrons. The second kappa shape index (κ2) is 6.31. The molecule has 0 bridgehead atoms. The van der Waals surface area contributed by atoms with Gasteiger partial charge in [0, 0.05) is 29.8 Å². The Morgan fingerprint density at radius 1 is 1.33 bits per heavy atom. The summed E-state index contributed by atoms with van der Waals surface area (Å²) in [5, 5.41) is 16.2. The Bertz CT molecular complexity index is 688. The maximum Gasteiger partial charge on any atom is 0.270 e. The summed E-state index contributed by atoms with van der Waals surface area (Å²) in [4.78, 5) is 26.3. The number of rotatable bonds is 4. The molecule has 0 saturated carbocycles. The number of aromatic nitrogens is 1. The summed E-state index contributed by atoms with van der Waals surface area (Å²) >= 11 is 3.19. The van der Waals surface area contributed by atoms with Gasteiger partial charge in [-0.25, -0.2) is 4.98 Å². The van der Waals surface area contributed by atoms with Crippen molar-refractivity contribution < 1.29 is 9.72 Å². The van der Waals surface area contributed by atoms with Crippen molar-refractivity contribution in [2.24, 2.45) is 0 Å². The number of pyridine rings is 1. The van der Waals surface area contributed by atoms with Gasteiger partial charge in [0.05, 0.1) is 16.2 Å². The fourth-order valence-corrected chi connectivity index (χ4v) is 2.06. The highest BCUT2D eigenvalue weighted by Gasteiger charge is 2.12. The van der Waals surface area contributed by atoms with Crippen LogP contribution in [0.4, 0.5) is 17.2 Å². The lowest BCUT2D eigenvalue weighted by Gasteiger charge is -2.07. The molecule has 1 aromatic carbocycles. The maximum absolute atomic E-state index is 12.1. The van der Waals surface area contributed by atoms with Gasteiger partial charge in [-0.05, 0) is 34.1 Å². The number of anilines is 2. The van der Waals surface area contributed by atoms with Crippen LogP contribution in [0, 0.1) is 10.1 Å². The normalized spacial score (nSPS) is 10.0. The second-order valence-electron chi connectivity index (χ2n) is 4.06. The first-order valence-corrected chi connectivity index (χ1v) is 6.69. The molecule has 0 unspecified atom stereocenters. The fraction of sp³-hybridized carbons (Fsp3) is 0.0769. The van der Waals surface area contributed by atoms with Crippen molar-refractivity contribution in [2.45, 2.75) is 0 Å². The van der Waals surface area contributed by atoms with Crippen LogP contribution in [0.3, 0.4) is 0 Å². The Labute approximate surface area is 128 Å². The van der Waals surface area contributed by atoms with E-state index in [9.17, 15) is 14.9 Å². The smallest absolute Gasteiger partial charge is 0.270 e. The van der Waals surface area contributed by atoms with Gasteiger partial charge in [-0.2, -0.15) is 0 Å². The fourth-order valence-electron chi connectivity index (χ4n) is 1.59. The number of nitrogens with zero attached hydrogens (tertiary/aromatic N) is 2. The molecule has 0 saturated heterocycles. The Morgan fingerprint density at radius 3 is 2.62 bits per heavy atom. The van der Waals surface area contributed by atoms with Crippen LogP contribution in [0.2, 0.25) is 0 Å². The molecule has 1 amide bonds. The number of carbonyl (C=O) groups excluding carboxylic acids is 1. The zero-order valence-electron chi connectivity index (χ0n) is 11.0. The molecule has 0 spiro atoms. The average Bonchev–Trinajstić information content (AvgIpc) is 2.49. The van der Waals surface area contributed by atoms with Crippen molar-refractivity contribution in [3.05, 3.63) is 56.7 Å². The predicted octanol–water partition coefficient (Wildman–Crippen LogP) is 3.05. The molecule has 0 fully saturated rings. The lowest BCUT2D eigenvalue weighted by Crippen LogP contribution is -2.12. The van der Waals surface area contributed by atoms with Crippen molar-refractivity contribution in [3.8, 4) is 0 Å². The standard InChI is InChI=1S/C13H11BrN4O3/c1-15-12-5-2-8(7-16-12)13(19)17-11-4-3-9(18(20)21)6-10(11)14/h2-7H,1H3,(H,15,16)(H,17,19). The Kier molecular flexibility index (Phi) is 4.49. The molecule has 8 heteroatoms. The lowest BCUT2D eigenvalue weighted by molar-refractivity contribution is -0.384. The predicted molar refractivity (Wildman–Crippen MR) is 82.5 cm³/mol. The molecular formula is C13H11BrN4O3. The van der Waals surface area contributed by atoms with E-state index in [-0.39, 0.29) is 11.6 Å². The van der Waals surface area contributed by atoms with Gasteiger partial charge in [0.2, 0.25) is 0 Å². The van der Waals surface area contributed by atoms with Gasteiger partial charge in [0.15, 0.2) is 0 Å². The number of nitro benzene ring substituents is 1. The number of carbonyl (C=O) groups is 1. The third-order valence-corrected chi connectivity index (χ3v) is 3.35. The van der Waals surface area contributed by atoms with E-state index in [1.165, 1.54) is 24.4 Å². The van der Waals surface area contributed by atoms with Crippen LogP contribution < -0.4 is 10.6 Å². The van der Waals surface area contributed by atoms with Gasteiger partial charge in [-0.15, -0.1) is 0 Å². The molecule has 0 aliphatic carbocycles. The summed E-state index contributed by atoms with van der Waals surface area (Å²) in [5.41, 5.74) is 0.780. The minimum absolute atomic E-state index is 0.0556. The SMILES string of the molecule is CNc1ccc(C(=O)Nc2ccc([N+](=O)[O-])cc2Br)cn1. The Morgan fingerprint density at radius 2 is 2.10 bits per heavy atom. The van der Waals surface area contributed by atoms with E-state index in [2.05, 4.69) is 31.5 Å². The Hall–Kier alpha value is -2.48. The molecule has 0 radical (unpaired) electrons. The van der Waals surface area contributed by atoms with E-state index in [1.807, 2.05) is 0 Å². The van der Waals surface area contributed by atoms with E-state index in [4.69, 9.17) is 0 Å². The van der Waals surface area contributed by atoms with Crippen LogP contribution >= 0.6 is 15.9 Å². The van der Waals surface area contributed by atoms with Gasteiger partial charge in [0.1, 0.15) is 5.82 Å². The van der Waals surface area contributed by atoms with Crippen molar-refractivity contribution in [3.63, 3.8) is 0 Å². The summed E-state index contributed by atoms with van der Waals surface area (Å²) in [6.07, 6.45) is 1.44. The molecule has 0 aliphatic heterocycles. The van der Waals surface area contributed by atoms with E-state index < -0.39 is 4.92 Å². The quantitative estimate of drug-likeness (QED) is 0.652. The van der Waals surface area contributed by atoms with Crippen LogP contribution in [0.5, 0.6) is 0 Å². The number of hydrogen-bond acceptors (Lipinski definition) is 5. The van der Waals surface area contributed by atoms with Crippen molar-refractivity contribution in [1.29, 1.82) is 0 Å². The second-order valence-corrected chi connectivity index (χ2v) is 4.91. The zero-order chi connectivity index (χ0) is 15.4. The van der Waals surface area contributed by atoms with Crippen molar-refractivity contribution in [1.82, 2.24) is 4.98 Å². The molecule has 1 heterocycles. The number of hydrogen-bond donors (Lipinski definition) is 2. The molecule has 7 nitrogen and oxygen atoms in total. The number of benzene rings is 1. The molecule has 21 heavy (non-hydrogen) atoms. The third kappa shape index (κ3) is 3.54. The molecule has 2 aromatic rings. The first kappa shape index (κ1) is 14.9. The molecule has 2 rings (SSSR count). The molecule has 1 aromatic heterocycles. The minimum Gasteiger partial charge on any atom is -0.373 e. The molecule has 0 atom stereocenters. The van der Waals surface area contributed by atoms with Gasteiger partial charge in [-0.1, -0.05) is 0 Å². The summed E-state index contributed by atoms with van der Waals surface area (Å²) < 4.78 is 0.435. The summed E-state index contributed by atoms with van der Waals surface area (Å²) in [6, 6.07) is 7.43. The lowest BCUT2D eigenvalue weighted by atomic mass is 10.2. The van der Waals surface area contributed by atoms with E-state index in [0.717, 1.165) is 0 Å². The minimum atomic E-state index is -0.503. The van der Waals surface area contributed by atoms with Crippen LogP contribution in [0.25, 0.3) is 0 Å². The number of amides is 1. The van der Waals surface area contributed by atoms with Gasteiger partial charge < -0.3 is 10.6 Å². The summed E-state index contributed by atoms with van der Waals surface area (Å²) in [7, 11) is 1.73. The van der Waals surface area contributed by atoms with Crippen LogP contribution in [-0.2, 0) is 0 Å². The maximum atomic E-state index is 12.1. The van der Waals surface area contributed by atoms with E-state index >= 15 is 0 Å². The van der Waals surface area contributed by atoms with Gasteiger partial charge in [0.25, 0.3) is 11.6 Å². The number of nitrogens with one attached hydrogen (secondary N) is 2. The summed E-state index contributed by atoms with van der Waals surface area (Å²) in [5.74, 6) is 0.308. The third-order valence-electron chi connectivity index (χ3n) is 2.69. The molecule has 0 aliphatic rings. The molecular weight excluding hydrogens is 340 g/mol. The first-order chi connectivity index (χ1) is 10.0. The van der Waals surface area contributed by atoms with Crippen LogP contribution in [0.1, 0.15) is 10.4 Å². The number of nitro groups is 1. The number of halogens is 1. The average molecular weight is 351 g/mol. The number of non-ortho nitro benzene ring substituents is 1. The molecule has 2 N–H and O–H groups in total. The largest absolute Gasteiger partial charge is 0.373 e. The summed E-state index contributed by atoms with van der Waals surface area (Å²) in [6.45, 7) is 0.